The predicted octanol–water partition coefficient (Wildman–Crippen LogP) is 0.914. The summed E-state index contributed by atoms with van der Waals surface area (Å²) < 4.78 is 21.0. The van der Waals surface area contributed by atoms with Gasteiger partial charge >= 0.3 is 11.9 Å². The van der Waals surface area contributed by atoms with E-state index in [4.69, 9.17) is 29.2 Å². The molecule has 1 aromatic rings. The summed E-state index contributed by atoms with van der Waals surface area (Å²) in [5.74, 6) is -2.44. The Balaban J connectivity index is 2.75. The highest BCUT2D eigenvalue weighted by Gasteiger charge is 2.18. The van der Waals surface area contributed by atoms with Crippen molar-refractivity contribution >= 4 is 11.9 Å². The van der Waals surface area contributed by atoms with E-state index in [2.05, 4.69) is 0 Å². The highest BCUT2D eigenvalue weighted by Crippen LogP contribution is 2.20. The number of carboxylic acids is 2. The van der Waals surface area contributed by atoms with Gasteiger partial charge in [-0.2, -0.15) is 0 Å². The van der Waals surface area contributed by atoms with Gasteiger partial charge in [0.15, 0.2) is 0 Å². The number of aliphatic hydroxyl groups is 2. The van der Waals surface area contributed by atoms with E-state index < -0.39 is 11.9 Å². The third-order valence-electron chi connectivity index (χ3n) is 4.06. The fraction of sp³-hybridized carbons (Fsp3) is 0.600. The van der Waals surface area contributed by atoms with Crippen molar-refractivity contribution in [3.8, 4) is 0 Å². The largest absolute Gasteiger partial charge is 0.478 e. The maximum Gasteiger partial charge on any atom is 0.335 e. The zero-order chi connectivity index (χ0) is 22.2. The molecule has 0 saturated heterocycles. The Hall–Kier alpha value is -2.08. The molecule has 170 valence electrons. The molecule has 0 spiro atoms. The quantitative estimate of drug-likeness (QED) is 0.195. The van der Waals surface area contributed by atoms with E-state index in [1.54, 1.807) is 0 Å². The van der Waals surface area contributed by atoms with Crippen LogP contribution in [0.15, 0.2) is 12.1 Å². The Kier molecular flexibility index (Phi) is 13.6. The number of hydrogen-bond donors (Lipinski definition) is 4. The first kappa shape index (κ1) is 26.0. The summed E-state index contributed by atoms with van der Waals surface area (Å²) in [5.41, 5.74) is 0.826. The third kappa shape index (κ3) is 10.1. The van der Waals surface area contributed by atoms with E-state index in [1.807, 2.05) is 0 Å². The first-order valence-corrected chi connectivity index (χ1v) is 9.66. The molecule has 0 heterocycles. The second-order valence-corrected chi connectivity index (χ2v) is 6.29. The van der Waals surface area contributed by atoms with E-state index in [0.717, 1.165) is 6.07 Å². The molecule has 0 unspecified atom stereocenters. The molecule has 10 nitrogen and oxygen atoms in total. The number of aliphatic hydroxyl groups excluding tert-OH is 2. The minimum absolute atomic E-state index is 0.0131. The molecule has 1 aromatic carbocycles. The second kappa shape index (κ2) is 15.7. The average Bonchev–Trinajstić information content (AvgIpc) is 2.72. The van der Waals surface area contributed by atoms with Gasteiger partial charge in [0.1, 0.15) is 13.6 Å². The first-order valence-electron chi connectivity index (χ1n) is 9.66. The fourth-order valence-electron chi connectivity index (χ4n) is 2.61. The van der Waals surface area contributed by atoms with Gasteiger partial charge in [0.05, 0.1) is 37.6 Å². The molecule has 0 aliphatic rings. The van der Waals surface area contributed by atoms with Crippen LogP contribution < -0.4 is 0 Å². The van der Waals surface area contributed by atoms with Gasteiger partial charge in [-0.25, -0.2) is 9.59 Å². The molecule has 30 heavy (non-hydrogen) atoms. The van der Waals surface area contributed by atoms with Crippen LogP contribution in [-0.2, 0) is 31.8 Å². The van der Waals surface area contributed by atoms with Gasteiger partial charge in [-0.3, -0.25) is 0 Å². The standard InChI is InChI=1S/C20H30O10/c21-5-1-7-27-13-29-9-3-15-11-16(19(23)24)12-18(20(25)26)17(15)4-10-30-14-28-8-2-6-22/h11-12,21-22H,1-10,13-14H2,(H,23,24)(H,25,26). The van der Waals surface area contributed by atoms with Crippen LogP contribution >= 0.6 is 0 Å². The van der Waals surface area contributed by atoms with Gasteiger partial charge < -0.3 is 39.4 Å². The summed E-state index contributed by atoms with van der Waals surface area (Å²) in [6.45, 7) is 1.19. The maximum atomic E-state index is 11.7. The Morgan fingerprint density at radius 2 is 1.27 bits per heavy atom. The normalized spacial score (nSPS) is 11.0. The molecule has 0 bridgehead atoms. The molecule has 0 radical (unpaired) electrons. The van der Waals surface area contributed by atoms with Gasteiger partial charge in [0.25, 0.3) is 0 Å². The molecule has 0 aliphatic carbocycles. The Labute approximate surface area is 174 Å². The van der Waals surface area contributed by atoms with Gasteiger partial charge in [0, 0.05) is 13.2 Å². The first-order chi connectivity index (χ1) is 14.5. The Morgan fingerprint density at radius 3 is 1.77 bits per heavy atom. The molecule has 0 amide bonds. The van der Waals surface area contributed by atoms with E-state index in [-0.39, 0.29) is 57.6 Å². The number of ether oxygens (including phenoxy) is 4. The summed E-state index contributed by atoms with van der Waals surface area (Å²) in [7, 11) is 0. The van der Waals surface area contributed by atoms with Crippen LogP contribution in [0, 0.1) is 0 Å². The molecule has 1 rings (SSSR count). The number of hydrogen-bond acceptors (Lipinski definition) is 8. The highest BCUT2D eigenvalue weighted by molar-refractivity contribution is 5.95. The molecule has 4 N–H and O–H groups in total. The summed E-state index contributed by atoms with van der Waals surface area (Å²) in [6.07, 6.45) is 1.55. The zero-order valence-electron chi connectivity index (χ0n) is 16.9. The average molecular weight is 430 g/mol. The molecule has 0 saturated carbocycles. The summed E-state index contributed by atoms with van der Waals surface area (Å²) in [6, 6.07) is 2.58. The van der Waals surface area contributed by atoms with Crippen molar-refractivity contribution in [2.75, 3.05) is 53.2 Å². The van der Waals surface area contributed by atoms with E-state index in [0.29, 0.717) is 43.6 Å². The van der Waals surface area contributed by atoms with Crippen molar-refractivity contribution in [2.45, 2.75) is 25.7 Å². The van der Waals surface area contributed by atoms with Gasteiger partial charge in [-0.1, -0.05) is 0 Å². The summed E-state index contributed by atoms with van der Waals surface area (Å²) in [4.78, 5) is 23.1. The van der Waals surface area contributed by atoms with Crippen LogP contribution in [0.25, 0.3) is 0 Å². The van der Waals surface area contributed by atoms with E-state index >= 15 is 0 Å². The highest BCUT2D eigenvalue weighted by atomic mass is 16.7. The molecule has 0 aromatic heterocycles. The van der Waals surface area contributed by atoms with E-state index in [9.17, 15) is 19.8 Å². The van der Waals surface area contributed by atoms with Crippen molar-refractivity contribution in [1.29, 1.82) is 0 Å². The van der Waals surface area contributed by atoms with Gasteiger partial charge in [-0.05, 0) is 48.9 Å². The lowest BCUT2D eigenvalue weighted by atomic mass is 9.93. The van der Waals surface area contributed by atoms with Crippen molar-refractivity contribution in [3.05, 3.63) is 34.4 Å². The van der Waals surface area contributed by atoms with Crippen molar-refractivity contribution in [3.63, 3.8) is 0 Å². The molecule has 0 fully saturated rings. The van der Waals surface area contributed by atoms with Crippen molar-refractivity contribution in [1.82, 2.24) is 0 Å². The topological polar surface area (TPSA) is 152 Å². The lowest BCUT2D eigenvalue weighted by Crippen LogP contribution is -2.14. The summed E-state index contributed by atoms with van der Waals surface area (Å²) >= 11 is 0. The number of carboxylic acid groups (broad SMARTS) is 2. The van der Waals surface area contributed by atoms with Crippen LogP contribution in [0.5, 0.6) is 0 Å². The SMILES string of the molecule is O=C(O)c1cc(CCOCOCCCO)c(CCOCOCCCO)c(C(=O)O)c1. The lowest BCUT2D eigenvalue weighted by Gasteiger charge is -2.15. The number of benzene rings is 1. The monoisotopic (exact) mass is 430 g/mol. The van der Waals surface area contributed by atoms with Gasteiger partial charge in [0.2, 0.25) is 0 Å². The molecule has 10 heteroatoms. The Morgan fingerprint density at radius 1 is 0.733 bits per heavy atom. The van der Waals surface area contributed by atoms with E-state index in [1.165, 1.54) is 6.07 Å². The van der Waals surface area contributed by atoms with Gasteiger partial charge in [-0.15, -0.1) is 0 Å². The molecule has 0 aliphatic heterocycles. The van der Waals surface area contributed by atoms with Crippen LogP contribution in [0.2, 0.25) is 0 Å². The maximum absolute atomic E-state index is 11.7. The lowest BCUT2D eigenvalue weighted by molar-refractivity contribution is -0.0566. The summed E-state index contributed by atoms with van der Waals surface area (Å²) in [5, 5.41) is 36.2. The van der Waals surface area contributed by atoms with Crippen LogP contribution in [0.1, 0.15) is 44.7 Å². The predicted molar refractivity (Wildman–Crippen MR) is 105 cm³/mol. The zero-order valence-corrected chi connectivity index (χ0v) is 16.9. The van der Waals surface area contributed by atoms with Crippen molar-refractivity contribution in [2.24, 2.45) is 0 Å². The van der Waals surface area contributed by atoms with Crippen LogP contribution in [-0.4, -0.2) is 85.6 Å². The fourth-order valence-corrected chi connectivity index (χ4v) is 2.61. The minimum Gasteiger partial charge on any atom is -0.478 e. The number of rotatable bonds is 18. The van der Waals surface area contributed by atoms with Crippen molar-refractivity contribution < 1.29 is 49.0 Å². The molecular weight excluding hydrogens is 400 g/mol. The molecular formula is C20H30O10. The minimum atomic E-state index is -1.22. The van der Waals surface area contributed by atoms with Crippen LogP contribution in [0.4, 0.5) is 0 Å². The second-order valence-electron chi connectivity index (χ2n) is 6.29. The number of aromatic carboxylic acids is 2. The molecule has 0 atom stereocenters. The Bertz CT molecular complexity index is 647. The number of carbonyl (C=O) groups is 2. The third-order valence-corrected chi connectivity index (χ3v) is 4.06. The van der Waals surface area contributed by atoms with Crippen LogP contribution in [0.3, 0.4) is 0 Å². The smallest absolute Gasteiger partial charge is 0.335 e.